The summed E-state index contributed by atoms with van der Waals surface area (Å²) in [5.41, 5.74) is 0.533. The maximum Gasteiger partial charge on any atom is 0.183 e. The first-order valence-corrected chi connectivity index (χ1v) is 6.05. The van der Waals surface area contributed by atoms with E-state index in [2.05, 4.69) is 10.3 Å². The molecule has 0 amide bonds. The van der Waals surface area contributed by atoms with Crippen LogP contribution in [0.1, 0.15) is 6.92 Å². The summed E-state index contributed by atoms with van der Waals surface area (Å²) < 4.78 is 13.6. The molecule has 0 saturated carbocycles. The van der Waals surface area contributed by atoms with Gasteiger partial charge in [0.1, 0.15) is 5.82 Å². The van der Waals surface area contributed by atoms with Crippen LogP contribution in [0.4, 0.5) is 9.52 Å². The molecule has 1 N–H and O–H groups in total. The van der Waals surface area contributed by atoms with Crippen LogP contribution in [0.2, 0.25) is 5.02 Å². The molecule has 1 aromatic heterocycles. The van der Waals surface area contributed by atoms with Crippen molar-refractivity contribution in [2.75, 3.05) is 11.9 Å². The summed E-state index contributed by atoms with van der Waals surface area (Å²) in [7, 11) is 0. The molecule has 0 unspecified atom stereocenters. The molecule has 2 rings (SSSR count). The maximum atomic E-state index is 13.6. The highest BCUT2D eigenvalue weighted by atomic mass is 35.5. The quantitative estimate of drug-likeness (QED) is 0.897. The molecular formula is C11H10ClFN2S. The van der Waals surface area contributed by atoms with Crippen LogP contribution in [0.25, 0.3) is 10.4 Å². The van der Waals surface area contributed by atoms with E-state index in [0.29, 0.717) is 10.6 Å². The van der Waals surface area contributed by atoms with E-state index in [-0.39, 0.29) is 5.82 Å². The van der Waals surface area contributed by atoms with Gasteiger partial charge in [0.15, 0.2) is 5.13 Å². The average molecular weight is 257 g/mol. The fraction of sp³-hybridized carbons (Fsp3) is 0.182. The van der Waals surface area contributed by atoms with Crippen molar-refractivity contribution in [3.05, 3.63) is 35.2 Å². The van der Waals surface area contributed by atoms with Gasteiger partial charge in [0.05, 0.1) is 4.88 Å². The van der Waals surface area contributed by atoms with E-state index in [0.717, 1.165) is 16.6 Å². The van der Waals surface area contributed by atoms with Crippen molar-refractivity contribution in [2.24, 2.45) is 0 Å². The number of hydrogen-bond acceptors (Lipinski definition) is 3. The van der Waals surface area contributed by atoms with Gasteiger partial charge in [-0.15, -0.1) is 0 Å². The molecule has 0 bridgehead atoms. The monoisotopic (exact) mass is 256 g/mol. The average Bonchev–Trinajstić information content (AvgIpc) is 2.67. The Hall–Kier alpha value is -1.13. The Balaban J connectivity index is 2.35. The van der Waals surface area contributed by atoms with Gasteiger partial charge in [0.2, 0.25) is 0 Å². The minimum absolute atomic E-state index is 0.320. The van der Waals surface area contributed by atoms with Gasteiger partial charge in [-0.3, -0.25) is 0 Å². The Morgan fingerprint density at radius 1 is 1.50 bits per heavy atom. The van der Waals surface area contributed by atoms with Crippen LogP contribution in [-0.2, 0) is 0 Å². The Morgan fingerprint density at radius 3 is 3.00 bits per heavy atom. The zero-order valence-electron chi connectivity index (χ0n) is 8.63. The molecule has 5 heteroatoms. The Bertz CT molecular complexity index is 498. The Morgan fingerprint density at radius 2 is 2.31 bits per heavy atom. The van der Waals surface area contributed by atoms with E-state index in [4.69, 9.17) is 11.6 Å². The van der Waals surface area contributed by atoms with Crippen molar-refractivity contribution in [1.82, 2.24) is 4.98 Å². The van der Waals surface area contributed by atoms with E-state index < -0.39 is 0 Å². The van der Waals surface area contributed by atoms with E-state index in [1.54, 1.807) is 18.3 Å². The van der Waals surface area contributed by atoms with Crippen molar-refractivity contribution < 1.29 is 4.39 Å². The molecule has 84 valence electrons. The number of thiazole rings is 1. The lowest BCUT2D eigenvalue weighted by Gasteiger charge is -1.99. The minimum Gasteiger partial charge on any atom is -0.362 e. The molecule has 0 aliphatic carbocycles. The standard InChI is InChI=1S/C11H10ClFN2S/c1-2-14-11-15-6-10(16-11)8-4-3-7(12)5-9(8)13/h3-6H,2H2,1H3,(H,14,15). The van der Waals surface area contributed by atoms with Crippen molar-refractivity contribution in [1.29, 1.82) is 0 Å². The normalized spacial score (nSPS) is 10.4. The molecule has 1 aromatic carbocycles. The van der Waals surface area contributed by atoms with Crippen LogP contribution < -0.4 is 5.32 Å². The summed E-state index contributed by atoms with van der Waals surface area (Å²) in [6.45, 7) is 2.79. The molecular weight excluding hydrogens is 247 g/mol. The van der Waals surface area contributed by atoms with Gasteiger partial charge in [0.25, 0.3) is 0 Å². The second-order valence-corrected chi connectivity index (χ2v) is 4.65. The van der Waals surface area contributed by atoms with Crippen LogP contribution in [0, 0.1) is 5.82 Å². The summed E-state index contributed by atoms with van der Waals surface area (Å²) in [5.74, 6) is -0.320. The SMILES string of the molecule is CCNc1ncc(-c2ccc(Cl)cc2F)s1. The third-order valence-corrected chi connectivity index (χ3v) is 3.25. The number of halogens is 2. The van der Waals surface area contributed by atoms with Crippen molar-refractivity contribution >= 4 is 28.1 Å². The molecule has 0 fully saturated rings. The summed E-state index contributed by atoms with van der Waals surface area (Å²) in [5, 5.41) is 4.29. The summed E-state index contributed by atoms with van der Waals surface area (Å²) >= 11 is 7.12. The molecule has 0 spiro atoms. The number of benzene rings is 1. The first-order chi connectivity index (χ1) is 7.70. The molecule has 0 saturated heterocycles. The number of anilines is 1. The predicted octanol–water partition coefficient (Wildman–Crippen LogP) is 4.03. The smallest absolute Gasteiger partial charge is 0.183 e. The van der Waals surface area contributed by atoms with Crippen LogP contribution in [0.5, 0.6) is 0 Å². The number of hydrogen-bond donors (Lipinski definition) is 1. The van der Waals surface area contributed by atoms with Crippen LogP contribution in [0.15, 0.2) is 24.4 Å². The van der Waals surface area contributed by atoms with Crippen LogP contribution in [-0.4, -0.2) is 11.5 Å². The number of aromatic nitrogens is 1. The van der Waals surface area contributed by atoms with Crippen molar-refractivity contribution in [3.8, 4) is 10.4 Å². The van der Waals surface area contributed by atoms with E-state index >= 15 is 0 Å². The highest BCUT2D eigenvalue weighted by Crippen LogP contribution is 2.31. The van der Waals surface area contributed by atoms with Gasteiger partial charge < -0.3 is 5.32 Å². The lowest BCUT2D eigenvalue weighted by atomic mass is 10.2. The highest BCUT2D eigenvalue weighted by molar-refractivity contribution is 7.18. The zero-order valence-corrected chi connectivity index (χ0v) is 10.2. The lowest BCUT2D eigenvalue weighted by molar-refractivity contribution is 0.632. The van der Waals surface area contributed by atoms with Crippen molar-refractivity contribution in [3.63, 3.8) is 0 Å². The number of rotatable bonds is 3. The third kappa shape index (κ3) is 2.33. The van der Waals surface area contributed by atoms with Gasteiger partial charge in [-0.05, 0) is 25.1 Å². The molecule has 0 aliphatic heterocycles. The summed E-state index contributed by atoms with van der Waals surface area (Å²) in [6.07, 6.45) is 1.66. The summed E-state index contributed by atoms with van der Waals surface area (Å²) in [6, 6.07) is 4.65. The predicted molar refractivity (Wildman–Crippen MR) is 66.7 cm³/mol. The van der Waals surface area contributed by atoms with Gasteiger partial charge in [-0.25, -0.2) is 9.37 Å². The second-order valence-electron chi connectivity index (χ2n) is 3.18. The van der Waals surface area contributed by atoms with Crippen molar-refractivity contribution in [2.45, 2.75) is 6.92 Å². The van der Waals surface area contributed by atoms with Crippen LogP contribution in [0.3, 0.4) is 0 Å². The molecule has 1 heterocycles. The molecule has 0 atom stereocenters. The third-order valence-electron chi connectivity index (χ3n) is 2.03. The zero-order chi connectivity index (χ0) is 11.5. The van der Waals surface area contributed by atoms with E-state index in [1.165, 1.54) is 17.4 Å². The minimum atomic E-state index is -0.320. The molecule has 2 nitrogen and oxygen atoms in total. The van der Waals surface area contributed by atoms with Gasteiger partial charge >= 0.3 is 0 Å². The Labute approximate surface area is 102 Å². The first-order valence-electron chi connectivity index (χ1n) is 4.86. The van der Waals surface area contributed by atoms with Gasteiger partial charge in [-0.2, -0.15) is 0 Å². The fourth-order valence-electron chi connectivity index (χ4n) is 1.32. The van der Waals surface area contributed by atoms with Gasteiger partial charge in [-0.1, -0.05) is 22.9 Å². The highest BCUT2D eigenvalue weighted by Gasteiger charge is 2.09. The largest absolute Gasteiger partial charge is 0.362 e. The second kappa shape index (κ2) is 4.80. The first kappa shape index (κ1) is 11.4. The topological polar surface area (TPSA) is 24.9 Å². The van der Waals surface area contributed by atoms with Gasteiger partial charge in [0, 0.05) is 23.3 Å². The Kier molecular flexibility index (Phi) is 3.41. The number of nitrogens with zero attached hydrogens (tertiary/aromatic N) is 1. The number of nitrogens with one attached hydrogen (secondary N) is 1. The van der Waals surface area contributed by atoms with E-state index in [1.807, 2.05) is 6.92 Å². The lowest BCUT2D eigenvalue weighted by Crippen LogP contribution is -1.94. The molecule has 2 aromatic rings. The molecule has 16 heavy (non-hydrogen) atoms. The molecule has 0 radical (unpaired) electrons. The fourth-order valence-corrected chi connectivity index (χ4v) is 2.39. The maximum absolute atomic E-state index is 13.6. The summed E-state index contributed by atoms with van der Waals surface area (Å²) in [4.78, 5) is 4.95. The molecule has 0 aliphatic rings. The van der Waals surface area contributed by atoms with Crippen LogP contribution >= 0.6 is 22.9 Å². The van der Waals surface area contributed by atoms with E-state index in [9.17, 15) is 4.39 Å².